The monoisotopic (exact) mass is 1560 g/mol. The van der Waals surface area contributed by atoms with E-state index in [0.29, 0.717) is 12.8 Å². The van der Waals surface area contributed by atoms with Crippen molar-refractivity contribution in [1.82, 2.24) is 5.32 Å². The number of amides is 1. The highest BCUT2D eigenvalue weighted by Gasteiger charge is 2.54. The van der Waals surface area contributed by atoms with Crippen LogP contribution in [0.15, 0.2) is 134 Å². The molecule has 12 N–H and O–H groups in total. The molecule has 0 aromatic carbocycles. The lowest BCUT2D eigenvalue weighted by atomic mass is 9.96. The van der Waals surface area contributed by atoms with E-state index >= 15 is 0 Å². The quantitative estimate of drug-likeness (QED) is 0.0199. The Balaban J connectivity index is 1.35. The van der Waals surface area contributed by atoms with Gasteiger partial charge in [0.05, 0.1) is 38.6 Å². The summed E-state index contributed by atoms with van der Waals surface area (Å²) in [5.74, 6) is -0.291. The Morgan fingerprint density at radius 1 is 0.333 bits per heavy atom. The predicted octanol–water partition coefficient (Wildman–Crippen LogP) is 16.4. The molecule has 0 aliphatic carbocycles. The van der Waals surface area contributed by atoms with Gasteiger partial charge in [0.1, 0.15) is 73.2 Å². The molecule has 17 unspecified atom stereocenters. The molecule has 3 aliphatic heterocycles. The van der Waals surface area contributed by atoms with Crippen LogP contribution < -0.4 is 5.32 Å². The number of carbonyl (C=O) groups excluding carboxylic acids is 1. The second-order valence-corrected chi connectivity index (χ2v) is 30.6. The molecule has 17 atom stereocenters. The van der Waals surface area contributed by atoms with Crippen molar-refractivity contribution in [2.24, 2.45) is 0 Å². The van der Waals surface area contributed by atoms with Crippen molar-refractivity contribution >= 4 is 5.91 Å². The van der Waals surface area contributed by atoms with E-state index in [9.17, 15) is 61.0 Å². The lowest BCUT2D eigenvalue weighted by molar-refractivity contribution is -0.379. The molecular weight excluding hydrogens is 1410 g/mol. The number of unbranched alkanes of at least 4 members (excludes halogenated alkanes) is 33. The van der Waals surface area contributed by atoms with Gasteiger partial charge in [-0.15, -0.1) is 0 Å². The number of ether oxygens (including phenoxy) is 6. The third-order valence-electron chi connectivity index (χ3n) is 20.9. The number of hydrogen-bond acceptors (Lipinski definition) is 18. The molecule has 3 fully saturated rings. The van der Waals surface area contributed by atoms with Crippen molar-refractivity contribution in [1.29, 1.82) is 0 Å². The van der Waals surface area contributed by atoms with Crippen LogP contribution in [0.1, 0.15) is 309 Å². The summed E-state index contributed by atoms with van der Waals surface area (Å²) < 4.78 is 34.5. The molecular formula is C92H157NO18. The van der Waals surface area contributed by atoms with Crippen molar-refractivity contribution in [3.05, 3.63) is 134 Å². The Morgan fingerprint density at radius 2 is 0.631 bits per heavy atom. The molecule has 19 heteroatoms. The van der Waals surface area contributed by atoms with E-state index in [2.05, 4.69) is 141 Å². The van der Waals surface area contributed by atoms with Crippen molar-refractivity contribution in [2.45, 2.75) is 413 Å². The van der Waals surface area contributed by atoms with Crippen molar-refractivity contribution in [2.75, 3.05) is 26.4 Å². The van der Waals surface area contributed by atoms with Crippen molar-refractivity contribution in [3.8, 4) is 0 Å². The fraction of sp³-hybridized carbons (Fsp3) is 0.750. The van der Waals surface area contributed by atoms with Gasteiger partial charge in [0, 0.05) is 6.42 Å². The molecule has 111 heavy (non-hydrogen) atoms. The van der Waals surface area contributed by atoms with E-state index in [1.54, 1.807) is 6.08 Å². The van der Waals surface area contributed by atoms with Crippen LogP contribution in [-0.2, 0) is 33.2 Å². The molecule has 0 radical (unpaired) electrons. The number of allylic oxidation sites excluding steroid dienone is 21. The van der Waals surface area contributed by atoms with Crippen LogP contribution in [0.5, 0.6) is 0 Å². The summed E-state index contributed by atoms with van der Waals surface area (Å²) in [4.78, 5) is 13.5. The highest BCUT2D eigenvalue weighted by atomic mass is 16.8. The second-order valence-electron chi connectivity index (χ2n) is 30.6. The summed E-state index contributed by atoms with van der Waals surface area (Å²) >= 11 is 0. The number of aliphatic hydroxyl groups excluding tert-OH is 11. The molecule has 3 rings (SSSR count). The smallest absolute Gasteiger partial charge is 0.220 e. The first kappa shape index (κ1) is 101. The second kappa shape index (κ2) is 70.2. The van der Waals surface area contributed by atoms with Gasteiger partial charge in [-0.2, -0.15) is 0 Å². The van der Waals surface area contributed by atoms with Crippen molar-refractivity contribution in [3.63, 3.8) is 0 Å². The maximum absolute atomic E-state index is 13.5. The van der Waals surface area contributed by atoms with Gasteiger partial charge >= 0.3 is 0 Å². The van der Waals surface area contributed by atoms with Crippen LogP contribution in [0.2, 0.25) is 0 Å². The lowest BCUT2D eigenvalue weighted by Gasteiger charge is -2.48. The van der Waals surface area contributed by atoms with Crippen LogP contribution in [0.3, 0.4) is 0 Å². The molecule has 3 saturated heterocycles. The molecule has 638 valence electrons. The lowest BCUT2D eigenvalue weighted by Crippen LogP contribution is -2.66. The van der Waals surface area contributed by atoms with Crippen LogP contribution in [0.25, 0.3) is 0 Å². The van der Waals surface area contributed by atoms with E-state index in [4.69, 9.17) is 28.4 Å². The summed E-state index contributed by atoms with van der Waals surface area (Å²) in [6.07, 6.45) is 74.4. The summed E-state index contributed by atoms with van der Waals surface area (Å²) in [6.45, 7) is 1.62. The summed E-state index contributed by atoms with van der Waals surface area (Å²) in [5, 5.41) is 121. The Bertz CT molecular complexity index is 2530. The van der Waals surface area contributed by atoms with Gasteiger partial charge < -0.3 is 89.9 Å². The van der Waals surface area contributed by atoms with Gasteiger partial charge in [-0.05, 0) is 103 Å². The first-order valence-corrected chi connectivity index (χ1v) is 43.9. The third kappa shape index (κ3) is 48.9. The maximum Gasteiger partial charge on any atom is 0.220 e. The molecule has 0 spiro atoms. The van der Waals surface area contributed by atoms with Crippen LogP contribution in [0.4, 0.5) is 0 Å². The first-order chi connectivity index (χ1) is 54.3. The number of rotatable bonds is 69. The SMILES string of the molecule is CC/C=C\C/C=C\C/C=C\C/C=C\C/C=C\C/C=C\C/C=C\C/C=C\C/C=C\CCCCCCCCCCCCCC(=O)NC(COC1OC(CO)C(OC2OC(CO)C(OC3OC(CO)C(O)C(O)C3O)C(O)C2O)C(O)C1O)C(O)/C=C/CC/C=C/CCCCCCCCCCCCCCCCCCCCCCC. The highest BCUT2D eigenvalue weighted by molar-refractivity contribution is 5.76. The van der Waals surface area contributed by atoms with E-state index in [0.717, 1.165) is 109 Å². The normalized spacial score (nSPS) is 25.7. The average molecular weight is 1570 g/mol. The predicted molar refractivity (Wildman–Crippen MR) is 447 cm³/mol. The molecule has 0 saturated carbocycles. The molecule has 3 heterocycles. The van der Waals surface area contributed by atoms with Gasteiger partial charge in [-0.3, -0.25) is 4.79 Å². The van der Waals surface area contributed by atoms with Crippen LogP contribution in [-0.4, -0.2) is 193 Å². The fourth-order valence-corrected chi connectivity index (χ4v) is 14.0. The van der Waals surface area contributed by atoms with Gasteiger partial charge in [-0.25, -0.2) is 0 Å². The standard InChI is InChI=1S/C92H157NO18/c1-3-5-7-9-11-13-15-17-19-21-23-25-27-29-31-32-33-34-35-36-37-38-39-40-41-42-44-46-48-50-52-54-56-58-60-62-64-66-68-70-80(98)93-75(76(97)69-67-65-63-61-59-57-55-53-51-49-47-45-43-30-28-26-24-22-20-18-16-14-12-10-8-6-4-2)74-106-90-86(104)83(101)88(78(72-95)108-90)111-92-87(105)84(102)89(79(73-96)109-92)110-91-85(103)82(100)81(99)77(71-94)107-91/h5,7,11,13,17,19,23,25,29,31,33-34,36-37,39-40,42,44,59,61,67,69,75-79,81-92,94-97,99-105H,3-4,6,8-10,12,14-16,18,20-22,24,26-28,30,32,35,38,41,43,45-58,60,62-66,68,70-74H2,1-2H3,(H,93,98)/b7-5-,13-11-,19-17-,25-23-,31-29-,34-33-,37-36-,40-39-,44-42-,61-59+,69-67+. The zero-order valence-electron chi connectivity index (χ0n) is 68.6. The largest absolute Gasteiger partial charge is 0.394 e. The molecule has 0 aromatic rings. The van der Waals surface area contributed by atoms with Crippen molar-refractivity contribution < 1.29 is 89.4 Å². The van der Waals surface area contributed by atoms with E-state index in [1.807, 2.05) is 6.08 Å². The number of hydrogen-bond donors (Lipinski definition) is 12. The first-order valence-electron chi connectivity index (χ1n) is 43.9. The molecule has 19 nitrogen and oxygen atoms in total. The summed E-state index contributed by atoms with van der Waals surface area (Å²) in [5.41, 5.74) is 0. The highest BCUT2D eigenvalue weighted by Crippen LogP contribution is 2.33. The zero-order chi connectivity index (χ0) is 80.3. The number of nitrogens with one attached hydrogen (secondary N) is 1. The molecule has 0 aromatic heterocycles. The number of carbonyl (C=O) groups is 1. The zero-order valence-corrected chi connectivity index (χ0v) is 68.6. The Labute approximate surface area is 670 Å². The van der Waals surface area contributed by atoms with Gasteiger partial charge in [0.15, 0.2) is 18.9 Å². The average Bonchev–Trinajstić information content (AvgIpc) is 0.780. The van der Waals surface area contributed by atoms with Gasteiger partial charge in [0.25, 0.3) is 0 Å². The van der Waals surface area contributed by atoms with Gasteiger partial charge in [0.2, 0.25) is 5.91 Å². The molecule has 0 bridgehead atoms. The fourth-order valence-electron chi connectivity index (χ4n) is 14.0. The Kier molecular flexibility index (Phi) is 63.9. The summed E-state index contributed by atoms with van der Waals surface area (Å²) in [6, 6.07) is -1.00. The minimum Gasteiger partial charge on any atom is -0.394 e. The molecule has 3 aliphatic rings. The molecule has 1 amide bonds. The topological polar surface area (TPSA) is 307 Å². The summed E-state index contributed by atoms with van der Waals surface area (Å²) in [7, 11) is 0. The minimum atomic E-state index is -1.99. The third-order valence-corrected chi connectivity index (χ3v) is 20.9. The van der Waals surface area contributed by atoms with E-state index in [1.165, 1.54) is 167 Å². The maximum atomic E-state index is 13.5. The van der Waals surface area contributed by atoms with Gasteiger partial charge in [-0.1, -0.05) is 334 Å². The van der Waals surface area contributed by atoms with Crippen LogP contribution in [0, 0.1) is 0 Å². The number of aliphatic hydroxyl groups is 11. The van der Waals surface area contributed by atoms with E-state index < -0.39 is 124 Å². The Morgan fingerprint density at radius 3 is 1.01 bits per heavy atom. The minimum absolute atomic E-state index is 0.224. The Hall–Kier alpha value is -4.07. The van der Waals surface area contributed by atoms with E-state index in [-0.39, 0.29) is 18.9 Å². The van der Waals surface area contributed by atoms with Crippen LogP contribution >= 0.6 is 0 Å².